The Labute approximate surface area is 268 Å². The van der Waals surface area contributed by atoms with E-state index in [0.717, 1.165) is 50.2 Å². The minimum Gasteiger partial charge on any atom is -0.438 e. The lowest BCUT2D eigenvalue weighted by molar-refractivity contribution is 0.652. The predicted molar refractivity (Wildman–Crippen MR) is 190 cm³/mol. The number of imidazole rings is 1. The lowest BCUT2D eigenvalue weighted by atomic mass is 9.87. The summed E-state index contributed by atoms with van der Waals surface area (Å²) in [5.74, 6) is 1.39. The van der Waals surface area contributed by atoms with Crippen LogP contribution in [0.25, 0.3) is 72.1 Å². The van der Waals surface area contributed by atoms with E-state index in [-0.39, 0.29) is 11.8 Å². The largest absolute Gasteiger partial charge is 0.438 e. The van der Waals surface area contributed by atoms with Gasteiger partial charge in [0.1, 0.15) is 11.4 Å². The zero-order valence-electron chi connectivity index (χ0n) is 27.1. The molecule has 5 nitrogen and oxygen atoms in total. The zero-order valence-corrected chi connectivity index (χ0v) is 27.1. The summed E-state index contributed by atoms with van der Waals surface area (Å²) < 4.78 is 8.65. The van der Waals surface area contributed by atoms with Crippen molar-refractivity contribution in [3.8, 4) is 28.2 Å². The van der Waals surface area contributed by atoms with Crippen LogP contribution < -0.4 is 0 Å². The van der Waals surface area contributed by atoms with E-state index >= 15 is 0 Å². The van der Waals surface area contributed by atoms with E-state index in [1.165, 1.54) is 38.7 Å². The van der Waals surface area contributed by atoms with E-state index in [9.17, 15) is 0 Å². The number of rotatable bonds is 5. The molecule has 0 N–H and O–H groups in total. The van der Waals surface area contributed by atoms with Crippen molar-refractivity contribution in [3.05, 3.63) is 120 Å². The van der Waals surface area contributed by atoms with Crippen LogP contribution in [0.1, 0.15) is 62.0 Å². The van der Waals surface area contributed by atoms with Crippen molar-refractivity contribution in [3.63, 3.8) is 0 Å². The highest BCUT2D eigenvalue weighted by Crippen LogP contribution is 2.43. The Morgan fingerprint density at radius 2 is 1.43 bits per heavy atom. The van der Waals surface area contributed by atoms with Gasteiger partial charge in [-0.1, -0.05) is 76.2 Å². The van der Waals surface area contributed by atoms with Gasteiger partial charge in [-0.2, -0.15) is 0 Å². The molecule has 0 aliphatic rings. The van der Waals surface area contributed by atoms with Crippen LogP contribution >= 0.6 is 0 Å². The third kappa shape index (κ3) is 4.49. The van der Waals surface area contributed by atoms with Gasteiger partial charge in [-0.25, -0.2) is 9.97 Å². The smallest absolute Gasteiger partial charge is 0.227 e. The first kappa shape index (κ1) is 28.2. The van der Waals surface area contributed by atoms with Gasteiger partial charge in [0.25, 0.3) is 0 Å². The van der Waals surface area contributed by atoms with E-state index in [4.69, 9.17) is 19.4 Å². The number of aryl methyl sites for hydroxylation is 2. The summed E-state index contributed by atoms with van der Waals surface area (Å²) >= 11 is 0. The maximum absolute atomic E-state index is 6.29. The summed E-state index contributed by atoms with van der Waals surface area (Å²) in [6.07, 6.45) is 1.98. The van der Waals surface area contributed by atoms with E-state index in [1.807, 2.05) is 32.2 Å². The maximum Gasteiger partial charge on any atom is 0.227 e. The molecule has 8 rings (SSSR count). The van der Waals surface area contributed by atoms with Crippen LogP contribution in [-0.2, 0) is 0 Å². The van der Waals surface area contributed by atoms with Crippen LogP contribution in [0.15, 0.2) is 102 Å². The van der Waals surface area contributed by atoms with Crippen molar-refractivity contribution in [2.24, 2.45) is 0 Å². The third-order valence-corrected chi connectivity index (χ3v) is 9.14. The summed E-state index contributed by atoms with van der Waals surface area (Å²) in [4.78, 5) is 14.8. The minimum atomic E-state index is 0.259. The van der Waals surface area contributed by atoms with Crippen molar-refractivity contribution in [2.75, 3.05) is 0 Å². The van der Waals surface area contributed by atoms with Crippen molar-refractivity contribution < 1.29 is 4.42 Å². The number of benzene rings is 4. The topological polar surface area (TPSA) is 56.7 Å². The van der Waals surface area contributed by atoms with Gasteiger partial charge in [0.05, 0.1) is 22.9 Å². The monoisotopic (exact) mass is 600 g/mol. The Morgan fingerprint density at radius 1 is 0.674 bits per heavy atom. The SMILES string of the molecule is Cc1cc2nc(-c3cccc4oc5nc(C)ccc5c34)n(-c3c(C(C)C)cc(-c4ccc5ccccc5c4)cc3C(C)C)c2cn1. The number of aromatic nitrogens is 4. The van der Waals surface area contributed by atoms with E-state index in [2.05, 4.69) is 111 Å². The molecule has 0 saturated heterocycles. The molecule has 0 bridgehead atoms. The average molecular weight is 601 g/mol. The minimum absolute atomic E-state index is 0.259. The zero-order chi connectivity index (χ0) is 31.7. The molecule has 0 unspecified atom stereocenters. The predicted octanol–water partition coefficient (Wildman–Crippen LogP) is 11.1. The summed E-state index contributed by atoms with van der Waals surface area (Å²) in [6, 6.07) is 32.6. The second-order valence-corrected chi connectivity index (χ2v) is 13.0. The Morgan fingerprint density at radius 3 is 2.20 bits per heavy atom. The van der Waals surface area contributed by atoms with Crippen molar-refractivity contribution >= 4 is 43.9 Å². The molecule has 5 heteroatoms. The summed E-state index contributed by atoms with van der Waals surface area (Å²) in [5, 5.41) is 4.51. The number of hydrogen-bond acceptors (Lipinski definition) is 4. The number of fused-ring (bicyclic) bond motifs is 5. The van der Waals surface area contributed by atoms with Crippen LogP contribution in [0.4, 0.5) is 0 Å². The fourth-order valence-electron chi connectivity index (χ4n) is 6.82. The van der Waals surface area contributed by atoms with E-state index < -0.39 is 0 Å². The second-order valence-electron chi connectivity index (χ2n) is 13.0. The van der Waals surface area contributed by atoms with Crippen LogP contribution in [0.3, 0.4) is 0 Å². The maximum atomic E-state index is 6.29. The molecule has 0 amide bonds. The number of pyridine rings is 2. The van der Waals surface area contributed by atoms with Gasteiger partial charge in [0.15, 0.2) is 0 Å². The molecule has 0 aliphatic carbocycles. The molecule has 0 aliphatic heterocycles. The second kappa shape index (κ2) is 10.7. The lowest BCUT2D eigenvalue weighted by Gasteiger charge is -2.24. The van der Waals surface area contributed by atoms with Crippen LogP contribution in [-0.4, -0.2) is 19.5 Å². The Kier molecular flexibility index (Phi) is 6.54. The Bertz CT molecular complexity index is 2430. The Hall–Kier alpha value is -5.29. The average Bonchev–Trinajstić information content (AvgIpc) is 3.61. The first-order valence-corrected chi connectivity index (χ1v) is 16.1. The molecule has 4 heterocycles. The van der Waals surface area contributed by atoms with Gasteiger partial charge in [-0.15, -0.1) is 0 Å². The summed E-state index contributed by atoms with van der Waals surface area (Å²) in [7, 11) is 0. The molecule has 4 aromatic heterocycles. The quantitative estimate of drug-likeness (QED) is 0.197. The molecule has 46 heavy (non-hydrogen) atoms. The van der Waals surface area contributed by atoms with Crippen LogP contribution in [0.5, 0.6) is 0 Å². The molecule has 0 radical (unpaired) electrons. The first-order chi connectivity index (χ1) is 22.3. The van der Waals surface area contributed by atoms with Gasteiger partial charge >= 0.3 is 0 Å². The normalized spacial score (nSPS) is 12.1. The molecule has 0 spiro atoms. The van der Waals surface area contributed by atoms with E-state index in [0.29, 0.717) is 5.71 Å². The van der Waals surface area contributed by atoms with E-state index in [1.54, 1.807) is 0 Å². The van der Waals surface area contributed by atoms with Gasteiger partial charge in [-0.3, -0.25) is 9.55 Å². The molecule has 226 valence electrons. The highest BCUT2D eigenvalue weighted by molar-refractivity contribution is 6.11. The van der Waals surface area contributed by atoms with Crippen LogP contribution in [0.2, 0.25) is 0 Å². The number of hydrogen-bond donors (Lipinski definition) is 0. The molecular formula is C41H36N4O. The molecule has 8 aromatic rings. The van der Waals surface area contributed by atoms with Gasteiger partial charge < -0.3 is 4.42 Å². The fraction of sp³-hybridized carbons (Fsp3) is 0.195. The molecule has 0 fully saturated rings. The highest BCUT2D eigenvalue weighted by Gasteiger charge is 2.26. The van der Waals surface area contributed by atoms with Gasteiger partial charge in [-0.05, 0) is 101 Å². The third-order valence-electron chi connectivity index (χ3n) is 9.14. The van der Waals surface area contributed by atoms with Crippen LogP contribution in [0, 0.1) is 13.8 Å². The summed E-state index contributed by atoms with van der Waals surface area (Å²) in [5.41, 5.74) is 12.4. The standard InChI is InChI=1S/C41H36N4O/c1-23(2)33-20-30(29-16-15-27-10-7-8-11-28(27)19-29)21-34(24(3)4)39(33)45-36-22-42-26(6)18-35(36)44-40(45)31-12-9-13-37-38(31)32-17-14-25(5)43-41(32)46-37/h7-24H,1-6H3. The van der Waals surface area contributed by atoms with Crippen molar-refractivity contribution in [2.45, 2.75) is 53.4 Å². The number of nitrogens with zero attached hydrogens (tertiary/aromatic N) is 4. The highest BCUT2D eigenvalue weighted by atomic mass is 16.3. The molecule has 0 saturated carbocycles. The Balaban J connectivity index is 1.46. The van der Waals surface area contributed by atoms with Gasteiger partial charge in [0.2, 0.25) is 5.71 Å². The molecule has 0 atom stereocenters. The van der Waals surface area contributed by atoms with Crippen molar-refractivity contribution in [1.29, 1.82) is 0 Å². The summed E-state index contributed by atoms with van der Waals surface area (Å²) in [6.45, 7) is 13.1. The molecule has 4 aromatic carbocycles. The lowest BCUT2D eigenvalue weighted by Crippen LogP contribution is -2.09. The van der Waals surface area contributed by atoms with Crippen molar-refractivity contribution in [1.82, 2.24) is 19.5 Å². The first-order valence-electron chi connectivity index (χ1n) is 16.1. The molecular weight excluding hydrogens is 564 g/mol. The fourth-order valence-corrected chi connectivity index (χ4v) is 6.82. The number of furan rings is 1. The van der Waals surface area contributed by atoms with Gasteiger partial charge in [0, 0.05) is 27.7 Å².